The molecule has 0 bridgehead atoms. The van der Waals surface area contributed by atoms with E-state index in [1.165, 1.54) is 0 Å². The molecule has 4 heteroatoms. The largest absolute Gasteiger partial charge is 0.309 e. The van der Waals surface area contributed by atoms with Crippen LogP contribution in [0.4, 0.5) is 0 Å². The van der Waals surface area contributed by atoms with E-state index < -0.39 is 18.0 Å². The Labute approximate surface area is 361 Å². The maximum Gasteiger partial charge on any atom is 0.171 e. The Hall–Kier alpha value is -7.81. The van der Waals surface area contributed by atoms with Crippen LogP contribution in [-0.4, -0.2) is 0 Å². The van der Waals surface area contributed by atoms with Gasteiger partial charge in [-0.15, -0.1) is 0 Å². The molecule has 3 nitrogen and oxygen atoms in total. The van der Waals surface area contributed by atoms with Gasteiger partial charge in [-0.25, -0.2) is 0 Å². The highest BCUT2D eigenvalue weighted by Crippen LogP contribution is 2.59. The monoisotopic (exact) mass is 808 g/mol. The van der Waals surface area contributed by atoms with Crippen molar-refractivity contribution >= 4 is 23.1 Å². The molecule has 0 spiro atoms. The molecule has 2 aliphatic rings. The van der Waals surface area contributed by atoms with Gasteiger partial charge in [-0.1, -0.05) is 188 Å². The van der Waals surface area contributed by atoms with Crippen LogP contribution in [0.5, 0.6) is 0 Å². The minimum Gasteiger partial charge on any atom is -0.309 e. The van der Waals surface area contributed by atoms with Crippen LogP contribution in [0.1, 0.15) is 55.6 Å². The predicted molar refractivity (Wildman–Crippen MR) is 250 cm³/mol. The van der Waals surface area contributed by atoms with Crippen molar-refractivity contribution in [3.05, 3.63) is 280 Å². The van der Waals surface area contributed by atoms with Crippen LogP contribution in [0.25, 0.3) is 22.3 Å². The van der Waals surface area contributed by atoms with Gasteiger partial charge >= 0.3 is 0 Å². The Bertz CT molecular complexity index is 3050. The summed E-state index contributed by atoms with van der Waals surface area (Å²) >= 11 is 0. The molecule has 62 heavy (non-hydrogen) atoms. The fourth-order valence-corrected chi connectivity index (χ4v) is 13.3. The number of fused-ring (bicyclic) bond motifs is 6. The van der Waals surface area contributed by atoms with Crippen molar-refractivity contribution in [1.82, 2.24) is 0 Å². The third-order valence-electron chi connectivity index (χ3n) is 13.2. The van der Waals surface area contributed by atoms with Gasteiger partial charge in [-0.3, -0.25) is 0 Å². The third-order valence-corrected chi connectivity index (χ3v) is 16.2. The normalized spacial score (nSPS) is 13.8. The molecule has 0 heterocycles. The lowest BCUT2D eigenvalue weighted by Gasteiger charge is -2.34. The van der Waals surface area contributed by atoms with Crippen LogP contribution in [0, 0.1) is 22.7 Å². The maximum atomic E-state index is 16.8. The molecule has 0 amide bonds. The predicted octanol–water partition coefficient (Wildman–Crippen LogP) is 11.8. The first-order chi connectivity index (χ1) is 30.5. The first-order valence-electron chi connectivity index (χ1n) is 20.8. The van der Waals surface area contributed by atoms with Gasteiger partial charge in [0.15, 0.2) is 7.14 Å². The Kier molecular flexibility index (Phi) is 8.66. The summed E-state index contributed by atoms with van der Waals surface area (Å²) in [5.41, 5.74) is 12.4. The van der Waals surface area contributed by atoms with Gasteiger partial charge < -0.3 is 4.57 Å². The minimum atomic E-state index is -3.60. The Morgan fingerprint density at radius 1 is 0.323 bits per heavy atom. The zero-order chi connectivity index (χ0) is 41.9. The van der Waals surface area contributed by atoms with Crippen molar-refractivity contribution in [2.75, 3.05) is 0 Å². The third kappa shape index (κ3) is 5.20. The summed E-state index contributed by atoms with van der Waals surface area (Å²) in [7, 11) is -3.60. The summed E-state index contributed by atoms with van der Waals surface area (Å²) in [6.45, 7) is 0. The number of nitrogens with zero attached hydrogens (tertiary/aromatic N) is 2. The molecule has 0 unspecified atom stereocenters. The topological polar surface area (TPSA) is 64.7 Å². The highest BCUT2D eigenvalue weighted by atomic mass is 31.2. The molecule has 9 aromatic carbocycles. The average Bonchev–Trinajstić information content (AvgIpc) is 3.82. The van der Waals surface area contributed by atoms with Gasteiger partial charge in [0, 0.05) is 15.9 Å². The maximum absolute atomic E-state index is 16.8. The first kappa shape index (κ1) is 37.2. The fourth-order valence-electron chi connectivity index (χ4n) is 10.6. The van der Waals surface area contributed by atoms with Gasteiger partial charge in [0.05, 0.1) is 34.1 Å². The second-order valence-electron chi connectivity index (χ2n) is 16.1. The van der Waals surface area contributed by atoms with Crippen molar-refractivity contribution in [3.8, 4) is 34.4 Å². The summed E-state index contributed by atoms with van der Waals surface area (Å²) in [6, 6.07) is 81.5. The molecule has 0 saturated carbocycles. The van der Waals surface area contributed by atoms with E-state index in [2.05, 4.69) is 158 Å². The second-order valence-corrected chi connectivity index (χ2v) is 18.9. The number of hydrogen-bond donors (Lipinski definition) is 0. The second kappa shape index (κ2) is 14.4. The van der Waals surface area contributed by atoms with Crippen LogP contribution in [0.3, 0.4) is 0 Å². The minimum absolute atomic E-state index is 0.567. The zero-order valence-corrected chi connectivity index (χ0v) is 34.5. The molecule has 290 valence electrons. The lowest BCUT2D eigenvalue weighted by Crippen LogP contribution is -2.30. The summed E-state index contributed by atoms with van der Waals surface area (Å²) in [4.78, 5) is 0. The molecular weight excluding hydrogens is 772 g/mol. The van der Waals surface area contributed by atoms with E-state index in [4.69, 9.17) is 0 Å². The molecule has 0 atom stereocenters. The Balaban J connectivity index is 1.19. The number of benzene rings is 9. The van der Waals surface area contributed by atoms with Crippen LogP contribution in [-0.2, 0) is 15.4 Å². The molecule has 0 radical (unpaired) electrons. The standard InChI is InChI=1S/C58H37N2OP/c59-38-40-26-30-53-49(34-40)51-36-47(28-32-55(51)57(53,42-16-6-1-7-17-42)43-18-8-2-9-19-43)62(61,46-24-14-5-15-25-46)48-29-33-56-52(37-48)50-35-41(39-60)27-31-54(50)58(56,44-20-10-3-11-21-44)45-22-12-4-13-23-45/h1-37H. The number of nitriles is 2. The summed E-state index contributed by atoms with van der Waals surface area (Å²) in [6.07, 6.45) is 0. The Morgan fingerprint density at radius 2 is 0.613 bits per heavy atom. The van der Waals surface area contributed by atoms with Gasteiger partial charge in [0.25, 0.3) is 0 Å². The van der Waals surface area contributed by atoms with Crippen molar-refractivity contribution in [1.29, 1.82) is 10.5 Å². The SMILES string of the molecule is N#Cc1ccc2c(c1)-c1cc(P(=O)(c3ccccc3)c3ccc4c(c3)-c3cc(C#N)ccc3C4(c3ccccc3)c3ccccc3)ccc1C2(c1ccccc1)c1ccccc1. The van der Waals surface area contributed by atoms with Gasteiger partial charge in [0.2, 0.25) is 0 Å². The van der Waals surface area contributed by atoms with Crippen LogP contribution in [0.2, 0.25) is 0 Å². The van der Waals surface area contributed by atoms with E-state index in [1.54, 1.807) is 0 Å². The molecule has 9 aromatic rings. The molecule has 0 aliphatic heterocycles. The molecule has 2 aliphatic carbocycles. The van der Waals surface area contributed by atoms with Crippen LogP contribution >= 0.6 is 7.14 Å². The number of hydrogen-bond acceptors (Lipinski definition) is 3. The van der Waals surface area contributed by atoms with E-state index in [0.29, 0.717) is 21.7 Å². The molecule has 0 aromatic heterocycles. The van der Waals surface area contributed by atoms with E-state index in [0.717, 1.165) is 72.1 Å². The van der Waals surface area contributed by atoms with Crippen LogP contribution < -0.4 is 15.9 Å². The van der Waals surface area contributed by atoms with Crippen molar-refractivity contribution in [2.45, 2.75) is 10.8 Å². The van der Waals surface area contributed by atoms with Crippen molar-refractivity contribution in [3.63, 3.8) is 0 Å². The zero-order valence-electron chi connectivity index (χ0n) is 33.6. The van der Waals surface area contributed by atoms with E-state index in [9.17, 15) is 10.5 Å². The van der Waals surface area contributed by atoms with Crippen LogP contribution in [0.15, 0.2) is 224 Å². The summed E-state index contributed by atoms with van der Waals surface area (Å²) < 4.78 is 16.8. The van der Waals surface area contributed by atoms with Crippen molar-refractivity contribution < 1.29 is 4.57 Å². The van der Waals surface area contributed by atoms with E-state index in [-0.39, 0.29) is 0 Å². The highest BCUT2D eigenvalue weighted by molar-refractivity contribution is 7.85. The van der Waals surface area contributed by atoms with E-state index >= 15 is 4.57 Å². The first-order valence-corrected chi connectivity index (χ1v) is 22.5. The lowest BCUT2D eigenvalue weighted by molar-refractivity contribution is 0.592. The van der Waals surface area contributed by atoms with Gasteiger partial charge in [0.1, 0.15) is 0 Å². The smallest absolute Gasteiger partial charge is 0.171 e. The fraction of sp³-hybridized carbons (Fsp3) is 0.0345. The van der Waals surface area contributed by atoms with Crippen molar-refractivity contribution in [2.24, 2.45) is 0 Å². The van der Waals surface area contributed by atoms with Gasteiger partial charge in [-0.05, 0) is 103 Å². The summed E-state index contributed by atoms with van der Waals surface area (Å²) in [5, 5.41) is 22.6. The Morgan fingerprint density at radius 3 is 0.935 bits per heavy atom. The quantitative estimate of drug-likeness (QED) is 0.151. The molecule has 0 saturated heterocycles. The average molecular weight is 809 g/mol. The molecular formula is C58H37N2OP. The summed E-state index contributed by atoms with van der Waals surface area (Å²) in [5.74, 6) is 0. The number of rotatable bonds is 7. The van der Waals surface area contributed by atoms with Gasteiger partial charge in [-0.2, -0.15) is 10.5 Å². The molecule has 0 N–H and O–H groups in total. The highest BCUT2D eigenvalue weighted by Gasteiger charge is 2.49. The van der Waals surface area contributed by atoms with E-state index in [1.807, 2.05) is 78.9 Å². The lowest BCUT2D eigenvalue weighted by atomic mass is 9.67. The molecule has 0 fully saturated rings. The molecule has 11 rings (SSSR count).